The topological polar surface area (TPSA) is 12.9 Å². The van der Waals surface area contributed by atoms with Crippen molar-refractivity contribution in [1.82, 2.24) is 4.98 Å². The lowest BCUT2D eigenvalue weighted by Crippen LogP contribution is -1.89. The van der Waals surface area contributed by atoms with Crippen LogP contribution in [0.5, 0.6) is 0 Å². The molecule has 0 unspecified atom stereocenters. The molecule has 0 amide bonds. The molecule has 0 aliphatic carbocycles. The smallest absolute Gasteiger partial charge is 0.0497 e. The first-order valence-electron chi connectivity index (χ1n) is 3.21. The maximum atomic E-state index is 5.94. The largest absolute Gasteiger partial charge is 0.261 e. The standard InChI is InChI=1S/C8H10ClN.ClH/c1-5-4-10-7(3)6(2)8(5)9;/h4H,1-3H3;1H. The summed E-state index contributed by atoms with van der Waals surface area (Å²) in [5.41, 5.74) is 3.14. The Morgan fingerprint density at radius 1 is 1.27 bits per heavy atom. The molecule has 0 fully saturated rings. The highest BCUT2D eigenvalue weighted by Crippen LogP contribution is 2.20. The number of pyridine rings is 1. The minimum atomic E-state index is 0. The number of rotatable bonds is 0. The Labute approximate surface area is 78.2 Å². The lowest BCUT2D eigenvalue weighted by Gasteiger charge is -2.02. The molecule has 1 nitrogen and oxygen atoms in total. The van der Waals surface area contributed by atoms with Crippen molar-refractivity contribution >= 4 is 24.0 Å². The summed E-state index contributed by atoms with van der Waals surface area (Å²) in [6.45, 7) is 5.90. The fraction of sp³-hybridized carbons (Fsp3) is 0.375. The van der Waals surface area contributed by atoms with Gasteiger partial charge in [-0.2, -0.15) is 0 Å². The quantitative estimate of drug-likeness (QED) is 0.615. The zero-order chi connectivity index (χ0) is 7.72. The van der Waals surface area contributed by atoms with Gasteiger partial charge in [0.25, 0.3) is 0 Å². The van der Waals surface area contributed by atoms with Crippen LogP contribution in [-0.2, 0) is 0 Å². The highest BCUT2D eigenvalue weighted by atomic mass is 35.5. The van der Waals surface area contributed by atoms with Crippen LogP contribution in [0.3, 0.4) is 0 Å². The maximum absolute atomic E-state index is 5.94. The van der Waals surface area contributed by atoms with E-state index in [0.29, 0.717) is 0 Å². The molecule has 1 aromatic rings. The van der Waals surface area contributed by atoms with Crippen molar-refractivity contribution < 1.29 is 0 Å². The molecule has 0 aliphatic heterocycles. The van der Waals surface area contributed by atoms with Crippen LogP contribution in [0.4, 0.5) is 0 Å². The summed E-state index contributed by atoms with van der Waals surface area (Å²) in [5, 5.41) is 0.840. The van der Waals surface area contributed by atoms with E-state index in [2.05, 4.69) is 4.98 Å². The molecule has 0 saturated carbocycles. The number of hydrogen-bond acceptors (Lipinski definition) is 1. The van der Waals surface area contributed by atoms with Gasteiger partial charge in [0.15, 0.2) is 0 Å². The van der Waals surface area contributed by atoms with Gasteiger partial charge in [-0.1, -0.05) is 11.6 Å². The Bertz CT molecular complexity index is 232. The highest BCUT2D eigenvalue weighted by Gasteiger charge is 2.01. The lowest BCUT2D eigenvalue weighted by atomic mass is 10.2. The van der Waals surface area contributed by atoms with Gasteiger partial charge in [0.2, 0.25) is 0 Å². The molecule has 0 N–H and O–H groups in total. The van der Waals surface area contributed by atoms with Crippen molar-refractivity contribution in [2.45, 2.75) is 20.8 Å². The first-order valence-corrected chi connectivity index (χ1v) is 3.59. The average molecular weight is 192 g/mol. The number of nitrogens with zero attached hydrogens (tertiary/aromatic N) is 1. The molecule has 1 aromatic heterocycles. The molecule has 0 aliphatic rings. The molecular formula is C8H11Cl2N. The number of halogens is 2. The van der Waals surface area contributed by atoms with Gasteiger partial charge in [0.1, 0.15) is 0 Å². The second-order valence-corrected chi connectivity index (χ2v) is 2.84. The number of aromatic nitrogens is 1. The van der Waals surface area contributed by atoms with Gasteiger partial charge in [0, 0.05) is 16.9 Å². The molecule has 0 atom stereocenters. The van der Waals surface area contributed by atoms with Gasteiger partial charge >= 0.3 is 0 Å². The van der Waals surface area contributed by atoms with Crippen molar-refractivity contribution in [3.63, 3.8) is 0 Å². The lowest BCUT2D eigenvalue weighted by molar-refractivity contribution is 1.12. The molecule has 11 heavy (non-hydrogen) atoms. The molecule has 0 saturated heterocycles. The normalized spacial score (nSPS) is 9.09. The second-order valence-electron chi connectivity index (χ2n) is 2.47. The van der Waals surface area contributed by atoms with E-state index in [1.54, 1.807) is 6.20 Å². The van der Waals surface area contributed by atoms with Crippen molar-refractivity contribution in [2.75, 3.05) is 0 Å². The predicted octanol–water partition coefficient (Wildman–Crippen LogP) is 3.08. The van der Waals surface area contributed by atoms with Crippen LogP contribution >= 0.6 is 24.0 Å². The Morgan fingerprint density at radius 3 is 2.27 bits per heavy atom. The minimum absolute atomic E-state index is 0. The van der Waals surface area contributed by atoms with Crippen LogP contribution in [0.2, 0.25) is 5.02 Å². The molecule has 0 radical (unpaired) electrons. The molecule has 62 valence electrons. The second kappa shape index (κ2) is 3.93. The van der Waals surface area contributed by atoms with E-state index in [0.717, 1.165) is 21.8 Å². The first kappa shape index (κ1) is 10.7. The number of aryl methyl sites for hydroxylation is 2. The molecule has 0 aromatic carbocycles. The van der Waals surface area contributed by atoms with Crippen molar-refractivity contribution in [1.29, 1.82) is 0 Å². The Morgan fingerprint density at radius 2 is 1.82 bits per heavy atom. The zero-order valence-electron chi connectivity index (χ0n) is 6.81. The molecule has 1 rings (SSSR count). The van der Waals surface area contributed by atoms with Gasteiger partial charge in [-0.05, 0) is 31.9 Å². The summed E-state index contributed by atoms with van der Waals surface area (Å²) >= 11 is 5.94. The van der Waals surface area contributed by atoms with Gasteiger partial charge in [0.05, 0.1) is 0 Å². The summed E-state index contributed by atoms with van der Waals surface area (Å²) in [6.07, 6.45) is 1.80. The summed E-state index contributed by atoms with van der Waals surface area (Å²) < 4.78 is 0. The molecular weight excluding hydrogens is 181 g/mol. The fourth-order valence-electron chi connectivity index (χ4n) is 0.802. The fourth-order valence-corrected chi connectivity index (χ4v) is 0.987. The van der Waals surface area contributed by atoms with Gasteiger partial charge in [-0.3, -0.25) is 4.98 Å². The molecule has 0 spiro atoms. The van der Waals surface area contributed by atoms with Crippen LogP contribution in [0.15, 0.2) is 6.20 Å². The summed E-state index contributed by atoms with van der Waals surface area (Å²) in [5.74, 6) is 0. The third-order valence-corrected chi connectivity index (χ3v) is 2.25. The van der Waals surface area contributed by atoms with Crippen molar-refractivity contribution in [3.05, 3.63) is 28.0 Å². The monoisotopic (exact) mass is 191 g/mol. The third-order valence-electron chi connectivity index (χ3n) is 1.67. The van der Waals surface area contributed by atoms with E-state index in [4.69, 9.17) is 11.6 Å². The third kappa shape index (κ3) is 2.08. The van der Waals surface area contributed by atoms with E-state index in [9.17, 15) is 0 Å². The van der Waals surface area contributed by atoms with Crippen molar-refractivity contribution in [3.8, 4) is 0 Å². The summed E-state index contributed by atoms with van der Waals surface area (Å²) in [7, 11) is 0. The Balaban J connectivity index is 0.000001000. The average Bonchev–Trinajstić information content (AvgIpc) is 1.93. The minimum Gasteiger partial charge on any atom is -0.261 e. The van der Waals surface area contributed by atoms with Crippen LogP contribution < -0.4 is 0 Å². The number of hydrogen-bond donors (Lipinski definition) is 0. The zero-order valence-corrected chi connectivity index (χ0v) is 8.38. The molecule has 0 bridgehead atoms. The highest BCUT2D eigenvalue weighted by molar-refractivity contribution is 6.32. The van der Waals surface area contributed by atoms with E-state index in [1.807, 2.05) is 20.8 Å². The maximum Gasteiger partial charge on any atom is 0.0497 e. The predicted molar refractivity (Wildman–Crippen MR) is 50.7 cm³/mol. The summed E-state index contributed by atoms with van der Waals surface area (Å²) in [4.78, 5) is 4.15. The van der Waals surface area contributed by atoms with E-state index >= 15 is 0 Å². The van der Waals surface area contributed by atoms with E-state index in [1.165, 1.54) is 0 Å². The van der Waals surface area contributed by atoms with Crippen LogP contribution in [0, 0.1) is 20.8 Å². The van der Waals surface area contributed by atoms with Gasteiger partial charge in [-0.25, -0.2) is 0 Å². The molecule has 1 heterocycles. The Hall–Kier alpha value is -0.270. The molecule has 3 heteroatoms. The van der Waals surface area contributed by atoms with Crippen molar-refractivity contribution in [2.24, 2.45) is 0 Å². The van der Waals surface area contributed by atoms with E-state index < -0.39 is 0 Å². The Kier molecular flexibility index (Phi) is 3.84. The van der Waals surface area contributed by atoms with E-state index in [-0.39, 0.29) is 12.4 Å². The summed E-state index contributed by atoms with van der Waals surface area (Å²) in [6, 6.07) is 0. The van der Waals surface area contributed by atoms with Gasteiger partial charge < -0.3 is 0 Å². The first-order chi connectivity index (χ1) is 4.63. The SMILES string of the molecule is Cc1cnc(C)c(C)c1Cl.Cl. The van der Waals surface area contributed by atoms with Crippen LogP contribution in [0.25, 0.3) is 0 Å². The van der Waals surface area contributed by atoms with Crippen LogP contribution in [-0.4, -0.2) is 4.98 Å². The van der Waals surface area contributed by atoms with Crippen LogP contribution in [0.1, 0.15) is 16.8 Å². The van der Waals surface area contributed by atoms with Gasteiger partial charge in [-0.15, -0.1) is 12.4 Å².